The molecule has 86 valence electrons. The molecule has 2 aromatic rings. The van der Waals surface area contributed by atoms with Crippen LogP contribution in [0.2, 0.25) is 0 Å². The third-order valence-corrected chi connectivity index (χ3v) is 4.20. The monoisotopic (exact) mass is 242 g/mol. The highest BCUT2D eigenvalue weighted by Gasteiger charge is 2.32. The first-order valence-corrected chi connectivity index (χ1v) is 6.48. The van der Waals surface area contributed by atoms with Crippen molar-refractivity contribution >= 4 is 11.6 Å². The highest BCUT2D eigenvalue weighted by molar-refractivity contribution is 6.21. The summed E-state index contributed by atoms with van der Waals surface area (Å²) >= 11 is 6.59. The van der Waals surface area contributed by atoms with Crippen molar-refractivity contribution in [3.05, 3.63) is 70.8 Å². The van der Waals surface area contributed by atoms with E-state index in [0.29, 0.717) is 5.92 Å². The normalized spacial score (nSPS) is 19.3. The number of hydrogen-bond donors (Lipinski definition) is 0. The van der Waals surface area contributed by atoms with E-state index in [2.05, 4.69) is 55.5 Å². The van der Waals surface area contributed by atoms with E-state index >= 15 is 0 Å². The summed E-state index contributed by atoms with van der Waals surface area (Å²) in [6, 6.07) is 17.2. The third-order valence-electron chi connectivity index (χ3n) is 3.64. The van der Waals surface area contributed by atoms with Crippen molar-refractivity contribution in [3.63, 3.8) is 0 Å². The van der Waals surface area contributed by atoms with Crippen LogP contribution in [0.3, 0.4) is 0 Å². The lowest BCUT2D eigenvalue weighted by molar-refractivity contribution is 0.587. The molecule has 0 saturated heterocycles. The maximum absolute atomic E-state index is 6.59. The Bertz CT molecular complexity index is 527. The zero-order valence-electron chi connectivity index (χ0n) is 9.86. The Balaban J connectivity index is 1.86. The lowest BCUT2D eigenvalue weighted by Gasteiger charge is -2.33. The molecule has 0 heterocycles. The van der Waals surface area contributed by atoms with Gasteiger partial charge in [-0.05, 0) is 30.0 Å². The molecule has 3 rings (SSSR count). The summed E-state index contributed by atoms with van der Waals surface area (Å²) in [5.41, 5.74) is 5.40. The molecule has 1 heteroatoms. The first-order valence-electron chi connectivity index (χ1n) is 6.04. The van der Waals surface area contributed by atoms with Gasteiger partial charge in [-0.3, -0.25) is 0 Å². The largest absolute Gasteiger partial charge is 0.117 e. The van der Waals surface area contributed by atoms with E-state index in [1.165, 1.54) is 22.3 Å². The van der Waals surface area contributed by atoms with Crippen molar-refractivity contribution in [1.29, 1.82) is 0 Å². The Labute approximate surface area is 107 Å². The van der Waals surface area contributed by atoms with Crippen LogP contribution in [0.1, 0.15) is 33.5 Å². The van der Waals surface area contributed by atoms with Crippen molar-refractivity contribution in [3.8, 4) is 0 Å². The van der Waals surface area contributed by atoms with Gasteiger partial charge in [-0.15, -0.1) is 11.6 Å². The number of hydrogen-bond acceptors (Lipinski definition) is 0. The first-order chi connectivity index (χ1) is 8.25. The molecule has 0 aliphatic heterocycles. The van der Waals surface area contributed by atoms with E-state index in [1.54, 1.807) is 0 Å². The fraction of sp³-hybridized carbons (Fsp3) is 0.250. The molecule has 0 aromatic heterocycles. The zero-order valence-corrected chi connectivity index (χ0v) is 10.6. The number of benzene rings is 2. The number of rotatable bonds is 2. The van der Waals surface area contributed by atoms with Crippen LogP contribution in [0.15, 0.2) is 48.5 Å². The van der Waals surface area contributed by atoms with E-state index in [9.17, 15) is 0 Å². The van der Waals surface area contributed by atoms with Crippen LogP contribution in [0, 0.1) is 6.92 Å². The van der Waals surface area contributed by atoms with Crippen molar-refractivity contribution in [2.75, 3.05) is 0 Å². The van der Waals surface area contributed by atoms with Crippen LogP contribution < -0.4 is 0 Å². The molecular weight excluding hydrogens is 228 g/mol. The first kappa shape index (κ1) is 10.9. The average Bonchev–Trinajstić information content (AvgIpc) is 2.31. The molecule has 1 aliphatic rings. The van der Waals surface area contributed by atoms with E-state index in [1.807, 2.05) is 0 Å². The summed E-state index contributed by atoms with van der Waals surface area (Å²) in [6.45, 7) is 2.10. The predicted molar refractivity (Wildman–Crippen MR) is 72.7 cm³/mol. The zero-order chi connectivity index (χ0) is 11.8. The predicted octanol–water partition coefficient (Wildman–Crippen LogP) is 4.61. The van der Waals surface area contributed by atoms with Crippen LogP contribution in [0.4, 0.5) is 0 Å². The minimum Gasteiger partial charge on any atom is -0.117 e. The summed E-state index contributed by atoms with van der Waals surface area (Å²) in [4.78, 5) is 0. The second kappa shape index (κ2) is 4.19. The van der Waals surface area contributed by atoms with Crippen LogP contribution in [-0.4, -0.2) is 0 Å². The van der Waals surface area contributed by atoms with Gasteiger partial charge in [-0.2, -0.15) is 0 Å². The highest BCUT2D eigenvalue weighted by atomic mass is 35.5. The molecular formula is C16H15Cl. The Hall–Kier alpha value is -1.27. The molecule has 0 saturated carbocycles. The second-order valence-electron chi connectivity index (χ2n) is 4.82. The summed E-state index contributed by atoms with van der Waals surface area (Å²) < 4.78 is 0. The SMILES string of the molecule is Cc1ccc(C(Cl)C2Cc3ccccc32)cc1. The molecule has 2 aromatic carbocycles. The fourth-order valence-electron chi connectivity index (χ4n) is 2.54. The molecule has 0 nitrogen and oxygen atoms in total. The molecule has 2 atom stereocenters. The fourth-order valence-corrected chi connectivity index (χ4v) is 2.91. The molecule has 0 spiro atoms. The molecule has 0 bridgehead atoms. The van der Waals surface area contributed by atoms with Crippen molar-refractivity contribution in [2.45, 2.75) is 24.6 Å². The van der Waals surface area contributed by atoms with Gasteiger partial charge in [0.2, 0.25) is 0 Å². The summed E-state index contributed by atoms with van der Waals surface area (Å²) in [5.74, 6) is 0.482. The maximum atomic E-state index is 6.59. The van der Waals surface area contributed by atoms with E-state index in [-0.39, 0.29) is 5.38 Å². The van der Waals surface area contributed by atoms with Crippen LogP contribution in [0.5, 0.6) is 0 Å². The number of halogens is 1. The minimum atomic E-state index is 0.102. The Kier molecular flexibility index (Phi) is 2.68. The van der Waals surface area contributed by atoms with Gasteiger partial charge in [0.05, 0.1) is 5.38 Å². The van der Waals surface area contributed by atoms with Crippen molar-refractivity contribution in [1.82, 2.24) is 0 Å². The molecule has 0 amide bonds. The number of alkyl halides is 1. The Morgan fingerprint density at radius 3 is 2.47 bits per heavy atom. The Morgan fingerprint density at radius 1 is 1.06 bits per heavy atom. The Morgan fingerprint density at radius 2 is 1.76 bits per heavy atom. The smallest absolute Gasteiger partial charge is 0.0657 e. The van der Waals surface area contributed by atoms with Crippen LogP contribution >= 0.6 is 11.6 Å². The summed E-state index contributed by atoms with van der Waals surface area (Å²) in [7, 11) is 0. The van der Waals surface area contributed by atoms with Crippen LogP contribution in [-0.2, 0) is 6.42 Å². The molecule has 0 radical (unpaired) electrons. The quantitative estimate of drug-likeness (QED) is 0.675. The maximum Gasteiger partial charge on any atom is 0.0657 e. The summed E-state index contributed by atoms with van der Waals surface area (Å²) in [5, 5.41) is 0.102. The molecule has 0 N–H and O–H groups in total. The van der Waals surface area contributed by atoms with Crippen LogP contribution in [0.25, 0.3) is 0 Å². The lowest BCUT2D eigenvalue weighted by atomic mass is 9.74. The van der Waals surface area contributed by atoms with Crippen molar-refractivity contribution in [2.24, 2.45) is 0 Å². The van der Waals surface area contributed by atoms with Gasteiger partial charge in [-0.25, -0.2) is 0 Å². The van der Waals surface area contributed by atoms with Gasteiger partial charge in [-0.1, -0.05) is 54.1 Å². The van der Waals surface area contributed by atoms with Gasteiger partial charge in [0.1, 0.15) is 0 Å². The van der Waals surface area contributed by atoms with Crippen molar-refractivity contribution < 1.29 is 0 Å². The second-order valence-corrected chi connectivity index (χ2v) is 5.29. The molecule has 0 fully saturated rings. The molecule has 2 unspecified atom stereocenters. The molecule has 1 aliphatic carbocycles. The van der Waals surface area contributed by atoms with E-state index in [0.717, 1.165) is 6.42 Å². The third kappa shape index (κ3) is 1.87. The highest BCUT2D eigenvalue weighted by Crippen LogP contribution is 2.46. The standard InChI is InChI=1S/C16H15Cl/c1-11-6-8-12(9-7-11)16(17)15-10-13-4-2-3-5-14(13)15/h2-9,15-16H,10H2,1H3. The van der Waals surface area contributed by atoms with Gasteiger partial charge in [0, 0.05) is 5.92 Å². The van der Waals surface area contributed by atoms with Gasteiger partial charge in [0.25, 0.3) is 0 Å². The number of aryl methyl sites for hydroxylation is 1. The molecule has 17 heavy (non-hydrogen) atoms. The average molecular weight is 243 g/mol. The summed E-state index contributed by atoms with van der Waals surface area (Å²) in [6.07, 6.45) is 1.11. The lowest BCUT2D eigenvalue weighted by Crippen LogP contribution is -2.20. The van der Waals surface area contributed by atoms with Gasteiger partial charge >= 0.3 is 0 Å². The minimum absolute atomic E-state index is 0.102. The van der Waals surface area contributed by atoms with E-state index in [4.69, 9.17) is 11.6 Å². The van der Waals surface area contributed by atoms with Gasteiger partial charge < -0.3 is 0 Å². The topological polar surface area (TPSA) is 0 Å². The van der Waals surface area contributed by atoms with Gasteiger partial charge in [0.15, 0.2) is 0 Å². The van der Waals surface area contributed by atoms with E-state index < -0.39 is 0 Å². The number of fused-ring (bicyclic) bond motifs is 1.